The molecule has 3 aromatic carbocycles. The largest absolute Gasteiger partial charge is 0.439 e. The Bertz CT molecular complexity index is 1250. The normalized spacial score (nSPS) is 21.8. The number of rotatable bonds is 3. The molecule has 2 aliphatic rings. The molecule has 0 bridgehead atoms. The van der Waals surface area contributed by atoms with Crippen LogP contribution in [0.3, 0.4) is 0 Å². The third-order valence-electron chi connectivity index (χ3n) is 6.03. The molecule has 31 heavy (non-hydrogen) atoms. The predicted molar refractivity (Wildman–Crippen MR) is 119 cm³/mol. The molecule has 1 amide bonds. The van der Waals surface area contributed by atoms with Crippen molar-refractivity contribution in [2.45, 2.75) is 11.5 Å². The Labute approximate surface area is 180 Å². The van der Waals surface area contributed by atoms with Crippen LogP contribution in [0, 0.1) is 12.3 Å². The number of ether oxygens (including phenoxy) is 1. The minimum absolute atomic E-state index is 0.0985. The van der Waals surface area contributed by atoms with Crippen LogP contribution in [0.1, 0.15) is 17.0 Å². The van der Waals surface area contributed by atoms with E-state index in [1.54, 1.807) is 0 Å². The molecule has 0 aliphatic carbocycles. The SMILES string of the molecule is C#CCN1C(=O)[C@]2(OC(=O)C(=C)[C@H]2c2ccc(-c3ccccc3)cc2)c2ccccc21. The zero-order valence-corrected chi connectivity index (χ0v) is 16.7. The maximum atomic E-state index is 13.7. The van der Waals surface area contributed by atoms with Crippen LogP contribution in [0.4, 0.5) is 5.69 Å². The smallest absolute Gasteiger partial charge is 0.335 e. The number of benzene rings is 3. The number of esters is 1. The van der Waals surface area contributed by atoms with Crippen LogP contribution >= 0.6 is 0 Å². The number of para-hydroxylation sites is 1. The molecule has 0 aromatic heterocycles. The summed E-state index contributed by atoms with van der Waals surface area (Å²) < 4.78 is 5.82. The van der Waals surface area contributed by atoms with Crippen LogP contribution in [0.15, 0.2) is 91.0 Å². The number of terminal acetylenes is 1. The fourth-order valence-corrected chi connectivity index (χ4v) is 4.64. The topological polar surface area (TPSA) is 46.6 Å². The minimum Gasteiger partial charge on any atom is -0.439 e. The fourth-order valence-electron chi connectivity index (χ4n) is 4.64. The van der Waals surface area contributed by atoms with Gasteiger partial charge in [-0.05, 0) is 22.8 Å². The third-order valence-corrected chi connectivity index (χ3v) is 6.03. The first-order valence-corrected chi connectivity index (χ1v) is 10.0. The van der Waals surface area contributed by atoms with Crippen molar-refractivity contribution >= 4 is 17.6 Å². The average molecular weight is 405 g/mol. The Hall–Kier alpha value is -4.10. The summed E-state index contributed by atoms with van der Waals surface area (Å²) in [6, 6.07) is 25.2. The van der Waals surface area contributed by atoms with E-state index in [-0.39, 0.29) is 18.0 Å². The molecule has 1 spiro atoms. The maximum Gasteiger partial charge on any atom is 0.335 e. The van der Waals surface area contributed by atoms with E-state index in [4.69, 9.17) is 11.2 Å². The number of hydrogen-bond acceptors (Lipinski definition) is 3. The highest BCUT2D eigenvalue weighted by Gasteiger charge is 2.64. The Morgan fingerprint density at radius 1 is 0.935 bits per heavy atom. The van der Waals surface area contributed by atoms with Crippen LogP contribution in [0.2, 0.25) is 0 Å². The van der Waals surface area contributed by atoms with Crippen molar-refractivity contribution in [3.8, 4) is 23.5 Å². The second kappa shape index (κ2) is 7.00. The Morgan fingerprint density at radius 3 is 2.29 bits per heavy atom. The zero-order chi connectivity index (χ0) is 21.6. The third kappa shape index (κ3) is 2.64. The zero-order valence-electron chi connectivity index (χ0n) is 16.7. The van der Waals surface area contributed by atoms with Crippen molar-refractivity contribution in [1.82, 2.24) is 0 Å². The van der Waals surface area contributed by atoms with Crippen LogP contribution in [0.25, 0.3) is 11.1 Å². The summed E-state index contributed by atoms with van der Waals surface area (Å²) in [5.41, 5.74) is 3.00. The van der Waals surface area contributed by atoms with Gasteiger partial charge >= 0.3 is 5.97 Å². The number of carbonyl (C=O) groups is 2. The molecule has 150 valence electrons. The molecule has 0 N–H and O–H groups in total. The summed E-state index contributed by atoms with van der Waals surface area (Å²) in [4.78, 5) is 27.9. The first-order chi connectivity index (χ1) is 15.1. The molecule has 1 fully saturated rings. The lowest BCUT2D eigenvalue weighted by atomic mass is 9.76. The highest BCUT2D eigenvalue weighted by Crippen LogP contribution is 2.56. The number of carbonyl (C=O) groups excluding carboxylic acids is 2. The van der Waals surface area contributed by atoms with Crippen molar-refractivity contribution in [3.05, 3.63) is 102 Å². The van der Waals surface area contributed by atoms with E-state index < -0.39 is 17.5 Å². The average Bonchev–Trinajstić information content (AvgIpc) is 3.21. The van der Waals surface area contributed by atoms with Gasteiger partial charge in [0, 0.05) is 11.1 Å². The second-order valence-corrected chi connectivity index (χ2v) is 7.68. The predicted octanol–water partition coefficient (Wildman–Crippen LogP) is 4.43. The van der Waals surface area contributed by atoms with Crippen molar-refractivity contribution in [3.63, 3.8) is 0 Å². The van der Waals surface area contributed by atoms with Crippen molar-refractivity contribution in [2.75, 3.05) is 11.4 Å². The van der Waals surface area contributed by atoms with Crippen molar-refractivity contribution in [2.24, 2.45) is 0 Å². The Kier molecular flexibility index (Phi) is 4.27. The van der Waals surface area contributed by atoms with E-state index in [0.717, 1.165) is 16.7 Å². The Balaban J connectivity index is 1.65. The van der Waals surface area contributed by atoms with Gasteiger partial charge in [0.15, 0.2) is 0 Å². The monoisotopic (exact) mass is 405 g/mol. The molecule has 3 aromatic rings. The highest BCUT2D eigenvalue weighted by atomic mass is 16.6. The van der Waals surface area contributed by atoms with Gasteiger partial charge in [0.2, 0.25) is 5.60 Å². The molecule has 2 aliphatic heterocycles. The van der Waals surface area contributed by atoms with E-state index >= 15 is 0 Å². The lowest BCUT2D eigenvalue weighted by Crippen LogP contribution is -2.43. The van der Waals surface area contributed by atoms with Crippen molar-refractivity contribution in [1.29, 1.82) is 0 Å². The number of fused-ring (bicyclic) bond motifs is 2. The molecule has 2 atom stereocenters. The Morgan fingerprint density at radius 2 is 1.58 bits per heavy atom. The van der Waals surface area contributed by atoms with Gasteiger partial charge in [0.25, 0.3) is 5.91 Å². The van der Waals surface area contributed by atoms with Gasteiger partial charge in [-0.3, -0.25) is 9.69 Å². The first-order valence-electron chi connectivity index (χ1n) is 10.0. The lowest BCUT2D eigenvalue weighted by molar-refractivity contribution is -0.157. The molecular weight excluding hydrogens is 386 g/mol. The van der Waals surface area contributed by atoms with E-state index in [9.17, 15) is 9.59 Å². The number of anilines is 1. The van der Waals surface area contributed by atoms with Gasteiger partial charge in [0.05, 0.1) is 18.2 Å². The summed E-state index contributed by atoms with van der Waals surface area (Å²) in [5.74, 6) is 0.990. The first kappa shape index (κ1) is 18.9. The summed E-state index contributed by atoms with van der Waals surface area (Å²) in [6.45, 7) is 4.08. The summed E-state index contributed by atoms with van der Waals surface area (Å²) in [6.07, 6.45) is 5.52. The van der Waals surface area contributed by atoms with Crippen LogP contribution < -0.4 is 4.90 Å². The minimum atomic E-state index is -1.49. The number of nitrogens with zero attached hydrogens (tertiary/aromatic N) is 1. The van der Waals surface area contributed by atoms with Crippen LogP contribution in [-0.4, -0.2) is 18.4 Å². The molecule has 4 nitrogen and oxygen atoms in total. The van der Waals surface area contributed by atoms with Crippen molar-refractivity contribution < 1.29 is 14.3 Å². The number of amides is 1. The molecule has 0 saturated carbocycles. The van der Waals surface area contributed by atoms with E-state index in [2.05, 4.69) is 12.5 Å². The lowest BCUT2D eigenvalue weighted by Gasteiger charge is -2.28. The highest BCUT2D eigenvalue weighted by molar-refractivity contribution is 6.13. The van der Waals surface area contributed by atoms with Gasteiger partial charge in [-0.2, -0.15) is 0 Å². The van der Waals surface area contributed by atoms with Crippen LogP contribution in [0.5, 0.6) is 0 Å². The standard InChI is InChI=1S/C27H19NO3/c1-3-17-28-23-12-8-7-11-22(23)27(26(28)30)24(18(2)25(29)31-27)21-15-13-20(14-16-21)19-9-5-4-6-10-19/h1,4-16,24H,2,17H2/t24-,27-/m0/s1. The number of hydrogen-bond donors (Lipinski definition) is 0. The summed E-state index contributed by atoms with van der Waals surface area (Å²) in [5, 5.41) is 0. The maximum absolute atomic E-state index is 13.7. The van der Waals surface area contributed by atoms with E-state index in [0.29, 0.717) is 11.3 Å². The molecule has 0 unspecified atom stereocenters. The quantitative estimate of drug-likeness (QED) is 0.368. The van der Waals surface area contributed by atoms with E-state index in [1.807, 2.05) is 78.9 Å². The van der Waals surface area contributed by atoms with Gasteiger partial charge in [-0.25, -0.2) is 4.79 Å². The fraction of sp³-hybridized carbons (Fsp3) is 0.111. The second-order valence-electron chi connectivity index (χ2n) is 7.68. The molecular formula is C27H19NO3. The van der Waals surface area contributed by atoms with Crippen LogP contribution in [-0.2, 0) is 19.9 Å². The van der Waals surface area contributed by atoms with Gasteiger partial charge in [-0.15, -0.1) is 6.42 Å². The van der Waals surface area contributed by atoms with Gasteiger partial charge in [0.1, 0.15) is 0 Å². The van der Waals surface area contributed by atoms with Gasteiger partial charge in [-0.1, -0.05) is 85.3 Å². The molecule has 2 heterocycles. The summed E-state index contributed by atoms with van der Waals surface area (Å²) >= 11 is 0. The molecule has 4 heteroatoms. The van der Waals surface area contributed by atoms with E-state index in [1.165, 1.54) is 4.90 Å². The molecule has 0 radical (unpaired) electrons. The molecule has 5 rings (SSSR count). The summed E-state index contributed by atoms with van der Waals surface area (Å²) in [7, 11) is 0. The van der Waals surface area contributed by atoms with Gasteiger partial charge < -0.3 is 4.74 Å². The molecule has 1 saturated heterocycles.